The average Bonchev–Trinajstić information content (AvgIpc) is 2.29. The average molecular weight is 279 g/mol. The van der Waals surface area contributed by atoms with Crippen molar-refractivity contribution in [2.45, 2.75) is 0 Å². The van der Waals surface area contributed by atoms with Crippen molar-refractivity contribution in [1.29, 1.82) is 0 Å². The van der Waals surface area contributed by atoms with E-state index in [2.05, 4.69) is 26.1 Å². The van der Waals surface area contributed by atoms with Crippen LogP contribution in [0.2, 0.25) is 0 Å². The number of carboxylic acids is 1. The van der Waals surface area contributed by atoms with Gasteiger partial charge in [-0.2, -0.15) is 0 Å². The van der Waals surface area contributed by atoms with E-state index in [1.807, 2.05) is 24.3 Å². The lowest BCUT2D eigenvalue weighted by atomic mass is 10.1. The topological polar surface area (TPSA) is 63.1 Å². The highest BCUT2D eigenvalue weighted by Crippen LogP contribution is 2.20. The maximum Gasteiger partial charge on any atom is 0.356 e. The number of hydrogen-bond donors (Lipinski definition) is 1. The van der Waals surface area contributed by atoms with E-state index >= 15 is 0 Å². The molecule has 0 unspecified atom stereocenters. The van der Waals surface area contributed by atoms with Gasteiger partial charge in [0.05, 0.1) is 5.69 Å². The monoisotopic (exact) mass is 278 g/mol. The highest BCUT2D eigenvalue weighted by atomic mass is 79.9. The van der Waals surface area contributed by atoms with E-state index in [4.69, 9.17) is 5.11 Å². The van der Waals surface area contributed by atoms with Crippen molar-refractivity contribution in [3.8, 4) is 11.3 Å². The van der Waals surface area contributed by atoms with Gasteiger partial charge < -0.3 is 5.11 Å². The standard InChI is InChI=1S/C11H7BrN2O2/c12-8-3-1-2-7(6-8)9-4-5-10(11(15)16)14-13-9/h1-6H,(H,15,16). The number of hydrogen-bond acceptors (Lipinski definition) is 3. The third-order valence-electron chi connectivity index (χ3n) is 2.00. The van der Waals surface area contributed by atoms with Gasteiger partial charge in [0, 0.05) is 10.0 Å². The Kier molecular flexibility index (Phi) is 2.96. The molecule has 2 rings (SSSR count). The van der Waals surface area contributed by atoms with Crippen molar-refractivity contribution in [3.63, 3.8) is 0 Å². The molecule has 1 N–H and O–H groups in total. The lowest BCUT2D eigenvalue weighted by Gasteiger charge is -2.00. The third kappa shape index (κ3) is 2.25. The fourth-order valence-electron chi connectivity index (χ4n) is 1.25. The first-order valence-electron chi connectivity index (χ1n) is 4.50. The van der Waals surface area contributed by atoms with Gasteiger partial charge >= 0.3 is 5.97 Å². The number of carbonyl (C=O) groups is 1. The zero-order valence-corrected chi connectivity index (χ0v) is 9.68. The summed E-state index contributed by atoms with van der Waals surface area (Å²) in [6, 6.07) is 10.6. The highest BCUT2D eigenvalue weighted by Gasteiger charge is 2.06. The summed E-state index contributed by atoms with van der Waals surface area (Å²) < 4.78 is 0.939. The zero-order valence-electron chi connectivity index (χ0n) is 8.09. The van der Waals surface area contributed by atoms with Crippen LogP contribution in [-0.2, 0) is 0 Å². The fourth-order valence-corrected chi connectivity index (χ4v) is 1.65. The molecule has 1 heterocycles. The van der Waals surface area contributed by atoms with E-state index in [9.17, 15) is 4.79 Å². The second-order valence-corrected chi connectivity index (χ2v) is 4.03. The van der Waals surface area contributed by atoms with E-state index in [1.54, 1.807) is 6.07 Å². The number of aromatic nitrogens is 2. The van der Waals surface area contributed by atoms with Crippen LogP contribution in [0.25, 0.3) is 11.3 Å². The molecule has 0 atom stereocenters. The molecule has 0 radical (unpaired) electrons. The maximum absolute atomic E-state index is 10.6. The lowest BCUT2D eigenvalue weighted by Crippen LogP contribution is -2.01. The summed E-state index contributed by atoms with van der Waals surface area (Å²) in [6.45, 7) is 0. The van der Waals surface area contributed by atoms with Crippen LogP contribution in [0.5, 0.6) is 0 Å². The normalized spacial score (nSPS) is 10.1. The number of benzene rings is 1. The Labute approximate surface area is 100 Å². The fraction of sp³-hybridized carbons (Fsp3) is 0. The molecule has 1 aromatic carbocycles. The molecule has 0 bridgehead atoms. The molecule has 0 spiro atoms. The molecule has 0 saturated heterocycles. The van der Waals surface area contributed by atoms with E-state index in [0.717, 1.165) is 10.0 Å². The molecule has 4 nitrogen and oxygen atoms in total. The second kappa shape index (κ2) is 4.40. The molecule has 5 heteroatoms. The molecule has 16 heavy (non-hydrogen) atoms. The molecule has 1 aromatic heterocycles. The van der Waals surface area contributed by atoms with Gasteiger partial charge in [-0.15, -0.1) is 10.2 Å². The van der Waals surface area contributed by atoms with Gasteiger partial charge in [0.25, 0.3) is 0 Å². The molecule has 0 aliphatic rings. The summed E-state index contributed by atoms with van der Waals surface area (Å²) in [7, 11) is 0. The highest BCUT2D eigenvalue weighted by molar-refractivity contribution is 9.10. The minimum atomic E-state index is -1.08. The van der Waals surface area contributed by atoms with Gasteiger partial charge in [0.2, 0.25) is 0 Å². The first kappa shape index (κ1) is 10.8. The van der Waals surface area contributed by atoms with Gasteiger partial charge in [-0.25, -0.2) is 4.79 Å². The summed E-state index contributed by atoms with van der Waals surface area (Å²) in [5.41, 5.74) is 1.48. The largest absolute Gasteiger partial charge is 0.476 e. The van der Waals surface area contributed by atoms with Crippen molar-refractivity contribution < 1.29 is 9.90 Å². The first-order chi connectivity index (χ1) is 7.66. The summed E-state index contributed by atoms with van der Waals surface area (Å²) in [4.78, 5) is 10.6. The van der Waals surface area contributed by atoms with Crippen LogP contribution in [0.15, 0.2) is 40.9 Å². The Hall–Kier alpha value is -1.75. The second-order valence-electron chi connectivity index (χ2n) is 3.12. The lowest BCUT2D eigenvalue weighted by molar-refractivity contribution is 0.0689. The Morgan fingerprint density at radius 3 is 2.56 bits per heavy atom. The van der Waals surface area contributed by atoms with Gasteiger partial charge in [-0.1, -0.05) is 28.1 Å². The minimum Gasteiger partial charge on any atom is -0.476 e. The van der Waals surface area contributed by atoms with Crippen molar-refractivity contribution >= 4 is 21.9 Å². The van der Waals surface area contributed by atoms with E-state index in [1.165, 1.54) is 6.07 Å². The van der Waals surface area contributed by atoms with E-state index in [-0.39, 0.29) is 5.69 Å². The molecule has 2 aromatic rings. The SMILES string of the molecule is O=C(O)c1ccc(-c2cccc(Br)c2)nn1. The van der Waals surface area contributed by atoms with Crippen molar-refractivity contribution in [2.75, 3.05) is 0 Å². The van der Waals surface area contributed by atoms with Gasteiger partial charge in [0.15, 0.2) is 5.69 Å². The molecule has 80 valence electrons. The molecule has 0 aliphatic heterocycles. The summed E-state index contributed by atoms with van der Waals surface area (Å²) in [5, 5.41) is 16.2. The molecule has 0 fully saturated rings. The Morgan fingerprint density at radius 2 is 2.00 bits per heavy atom. The van der Waals surface area contributed by atoms with Crippen LogP contribution in [0, 0.1) is 0 Å². The predicted octanol–water partition coefficient (Wildman–Crippen LogP) is 2.60. The van der Waals surface area contributed by atoms with Crippen molar-refractivity contribution in [3.05, 3.63) is 46.6 Å². The number of carboxylic acid groups (broad SMARTS) is 1. The molecular formula is C11H7BrN2O2. The van der Waals surface area contributed by atoms with Crippen LogP contribution >= 0.6 is 15.9 Å². The smallest absolute Gasteiger partial charge is 0.356 e. The van der Waals surface area contributed by atoms with Gasteiger partial charge in [-0.3, -0.25) is 0 Å². The van der Waals surface area contributed by atoms with Crippen LogP contribution in [0.3, 0.4) is 0 Å². The minimum absolute atomic E-state index is 0.0567. The Morgan fingerprint density at radius 1 is 1.19 bits per heavy atom. The van der Waals surface area contributed by atoms with Crippen molar-refractivity contribution in [2.24, 2.45) is 0 Å². The summed E-state index contributed by atoms with van der Waals surface area (Å²) >= 11 is 3.35. The van der Waals surface area contributed by atoms with Crippen LogP contribution in [-0.4, -0.2) is 21.3 Å². The van der Waals surface area contributed by atoms with Crippen LogP contribution in [0.1, 0.15) is 10.5 Å². The van der Waals surface area contributed by atoms with Crippen molar-refractivity contribution in [1.82, 2.24) is 10.2 Å². The van der Waals surface area contributed by atoms with Gasteiger partial charge in [-0.05, 0) is 24.3 Å². The third-order valence-corrected chi connectivity index (χ3v) is 2.50. The number of nitrogens with zero attached hydrogens (tertiary/aromatic N) is 2. The Balaban J connectivity index is 2.38. The summed E-state index contributed by atoms with van der Waals surface area (Å²) in [5.74, 6) is -1.08. The number of aromatic carboxylic acids is 1. The molecule has 0 aliphatic carbocycles. The Bertz CT molecular complexity index is 526. The van der Waals surface area contributed by atoms with Crippen LogP contribution < -0.4 is 0 Å². The molecular weight excluding hydrogens is 272 g/mol. The molecule has 0 saturated carbocycles. The predicted molar refractivity (Wildman–Crippen MR) is 62.1 cm³/mol. The van der Waals surface area contributed by atoms with E-state index in [0.29, 0.717) is 5.69 Å². The summed E-state index contributed by atoms with van der Waals surface area (Å²) in [6.07, 6.45) is 0. The quantitative estimate of drug-likeness (QED) is 0.917. The number of halogens is 1. The first-order valence-corrected chi connectivity index (χ1v) is 5.29. The van der Waals surface area contributed by atoms with Gasteiger partial charge in [0.1, 0.15) is 0 Å². The number of rotatable bonds is 2. The van der Waals surface area contributed by atoms with Crippen LogP contribution in [0.4, 0.5) is 0 Å². The molecule has 0 amide bonds. The van der Waals surface area contributed by atoms with E-state index < -0.39 is 5.97 Å². The zero-order chi connectivity index (χ0) is 11.5. The maximum atomic E-state index is 10.6.